The molecule has 19 heteroatoms. The van der Waals surface area contributed by atoms with Crippen LogP contribution in [0.4, 0.5) is 58.9 Å². The molecule has 6 rings (SSSR count). The Labute approximate surface area is 441 Å². The first-order valence-electron chi connectivity index (χ1n) is 28.5. The van der Waals surface area contributed by atoms with E-state index in [-0.39, 0.29) is 43.7 Å². The van der Waals surface area contributed by atoms with E-state index >= 15 is 0 Å². The fourth-order valence-electron chi connectivity index (χ4n) is 12.9. The van der Waals surface area contributed by atoms with E-state index in [0.29, 0.717) is 74.0 Å². The number of hydrogen-bond acceptors (Lipinski definition) is 4. The van der Waals surface area contributed by atoms with E-state index in [1.165, 1.54) is 64.2 Å². The van der Waals surface area contributed by atoms with Crippen LogP contribution in [0.1, 0.15) is 193 Å². The van der Waals surface area contributed by atoms with Crippen LogP contribution in [0.15, 0.2) is 29.2 Å². The number of unbranched alkanes of at least 4 members (excludes halogenated alkanes) is 8. The Kier molecular flexibility index (Phi) is 22.4. The second-order valence-corrected chi connectivity index (χ2v) is 25.4. The first-order chi connectivity index (χ1) is 35.8. The molecular weight excluding hydrogens is 1050 g/mol. The van der Waals surface area contributed by atoms with Gasteiger partial charge in [0.05, 0.1) is 11.8 Å². The number of rotatable bonds is 30. The van der Waals surface area contributed by atoms with E-state index in [4.69, 9.17) is 9.47 Å². The monoisotopic (exact) mass is 1130 g/mol. The highest BCUT2D eigenvalue weighted by Gasteiger charge is 2.69. The van der Waals surface area contributed by atoms with Crippen LogP contribution < -0.4 is 9.47 Å². The third-order valence-electron chi connectivity index (χ3n) is 17.5. The van der Waals surface area contributed by atoms with Crippen LogP contribution in [-0.2, 0) is 9.47 Å². The molecule has 4 fully saturated rings. The fraction of sp³-hybridized carbons (Fsp3) is 0.789. The smallest absolute Gasteiger partial charge is 0.400 e. The Hall–Kier alpha value is -2.67. The maximum absolute atomic E-state index is 15.0. The van der Waals surface area contributed by atoms with Crippen LogP contribution in [0.3, 0.4) is 0 Å². The van der Waals surface area contributed by atoms with E-state index < -0.39 is 79.8 Å². The summed E-state index contributed by atoms with van der Waals surface area (Å²) in [7, 11) is -10.7. The van der Waals surface area contributed by atoms with Crippen molar-refractivity contribution in [3.8, 4) is 11.5 Å². The van der Waals surface area contributed by atoms with Gasteiger partial charge in [0.1, 0.15) is 11.5 Å². The molecule has 0 heterocycles. The minimum Gasteiger partial charge on any atom is -0.432 e. The predicted molar refractivity (Wildman–Crippen MR) is 268 cm³/mol. The number of halogens is 14. The molecule has 1 unspecified atom stereocenters. The average Bonchev–Trinajstić information content (AvgIpc) is 3.36. The molecule has 4 nitrogen and oxygen atoms in total. The van der Waals surface area contributed by atoms with E-state index in [1.54, 1.807) is 0 Å². The van der Waals surface area contributed by atoms with Crippen LogP contribution in [0.25, 0.3) is 0 Å². The lowest BCUT2D eigenvalue weighted by Gasteiger charge is -2.40. The van der Waals surface area contributed by atoms with Gasteiger partial charge in [0, 0.05) is 50.7 Å². The second kappa shape index (κ2) is 27.2. The summed E-state index contributed by atoms with van der Waals surface area (Å²) in [6.45, 7) is 5.31. The van der Waals surface area contributed by atoms with E-state index in [0.717, 1.165) is 96.4 Å². The van der Waals surface area contributed by atoms with Crippen molar-refractivity contribution >= 4 is 10.2 Å². The molecule has 4 saturated carbocycles. The minimum absolute atomic E-state index is 0.0508. The average molecular weight is 1130 g/mol. The molecule has 0 amide bonds. The summed E-state index contributed by atoms with van der Waals surface area (Å²) in [5, 5.41) is 0. The molecule has 0 bridgehead atoms. The number of hydrogen-bond donors (Lipinski definition) is 0. The van der Waals surface area contributed by atoms with Gasteiger partial charge >= 0.3 is 22.4 Å². The summed E-state index contributed by atoms with van der Waals surface area (Å²) in [4.78, 5) is -3.38. The minimum atomic E-state index is -10.7. The van der Waals surface area contributed by atoms with Crippen LogP contribution in [0.5, 0.6) is 11.5 Å². The van der Waals surface area contributed by atoms with Gasteiger partial charge in [-0.1, -0.05) is 97.0 Å². The third kappa shape index (κ3) is 19.3. The topological polar surface area (TPSA) is 36.9 Å². The summed E-state index contributed by atoms with van der Waals surface area (Å²) >= 11 is 0. The molecule has 0 radical (unpaired) electrons. The first kappa shape index (κ1) is 62.5. The van der Waals surface area contributed by atoms with Crippen molar-refractivity contribution < 1.29 is 77.9 Å². The van der Waals surface area contributed by atoms with Gasteiger partial charge in [-0.05, 0) is 157 Å². The Morgan fingerprint density at radius 2 is 0.763 bits per heavy atom. The van der Waals surface area contributed by atoms with Crippen molar-refractivity contribution in [1.29, 1.82) is 0 Å². The van der Waals surface area contributed by atoms with Gasteiger partial charge in [-0.15, -0.1) is 0 Å². The Morgan fingerprint density at radius 1 is 0.447 bits per heavy atom. The molecule has 0 spiro atoms. The molecule has 0 saturated heterocycles. The van der Waals surface area contributed by atoms with Crippen molar-refractivity contribution in [3.05, 3.63) is 53.4 Å². The van der Waals surface area contributed by atoms with Gasteiger partial charge in [-0.3, -0.25) is 0 Å². The van der Waals surface area contributed by atoms with Gasteiger partial charge in [-0.2, -0.15) is 17.6 Å². The van der Waals surface area contributed by atoms with Gasteiger partial charge in [0.15, 0.2) is 34.0 Å². The van der Waals surface area contributed by atoms with Crippen LogP contribution in [0.2, 0.25) is 0 Å². The van der Waals surface area contributed by atoms with Crippen molar-refractivity contribution in [1.82, 2.24) is 0 Å². The van der Waals surface area contributed by atoms with Crippen molar-refractivity contribution in [2.45, 2.75) is 210 Å². The molecule has 2 aromatic rings. The zero-order valence-corrected chi connectivity index (χ0v) is 45.0. The molecule has 1 atom stereocenters. The zero-order chi connectivity index (χ0) is 55.2. The lowest BCUT2D eigenvalue weighted by molar-refractivity contribution is -0.225. The van der Waals surface area contributed by atoms with E-state index in [9.17, 15) is 58.9 Å². The molecule has 4 aliphatic carbocycles. The van der Waals surface area contributed by atoms with Crippen molar-refractivity contribution in [2.24, 2.45) is 53.3 Å². The molecule has 76 heavy (non-hydrogen) atoms. The van der Waals surface area contributed by atoms with E-state index in [1.807, 2.05) is 0 Å². The Balaban J connectivity index is 0.698. The molecule has 0 aromatic heterocycles. The normalized spacial score (nSPS) is 26.4. The SMILES string of the molecule is CCC(CCCCCCCOCC1CCC(C2CCC(C(F)(F)Oc3cc(F)c(F)c(F)c3)CC2)CC1)CCCCCCCOCC1CCC(C2CCC(C(F)(F)Oc3cc(F)c(S(F)(F)(F)(F)F)c(F)c3)CC2)CC1. The van der Waals surface area contributed by atoms with E-state index in [2.05, 4.69) is 16.4 Å². The fourth-order valence-corrected chi connectivity index (χ4v) is 13.8. The highest BCUT2D eigenvalue weighted by Crippen LogP contribution is 3.02. The summed E-state index contributed by atoms with van der Waals surface area (Å²) in [6.07, 6.45) is 19.3. The highest BCUT2D eigenvalue weighted by atomic mass is 32.5. The zero-order valence-electron chi connectivity index (χ0n) is 44.2. The predicted octanol–water partition coefficient (Wildman–Crippen LogP) is 20.6. The number of benzene rings is 2. The van der Waals surface area contributed by atoms with Crippen molar-refractivity contribution in [3.63, 3.8) is 0 Å². The van der Waals surface area contributed by atoms with Crippen molar-refractivity contribution in [2.75, 3.05) is 26.4 Å². The molecule has 4 aliphatic rings. The molecular formula is C57H82F14O4S. The lowest BCUT2D eigenvalue weighted by atomic mass is 9.69. The Bertz CT molecular complexity index is 2020. The summed E-state index contributed by atoms with van der Waals surface area (Å²) in [5.41, 5.74) is 0. The molecule has 438 valence electrons. The summed E-state index contributed by atoms with van der Waals surface area (Å²) in [6, 6.07) is 0.352. The quantitative estimate of drug-likeness (QED) is 0.0444. The van der Waals surface area contributed by atoms with Gasteiger partial charge < -0.3 is 18.9 Å². The summed E-state index contributed by atoms with van der Waals surface area (Å²) < 4.78 is 214. The number of alkyl halides is 4. The van der Waals surface area contributed by atoms with Crippen LogP contribution in [-0.4, -0.2) is 38.6 Å². The first-order valence-corrected chi connectivity index (χ1v) is 30.4. The van der Waals surface area contributed by atoms with Gasteiger partial charge in [0.25, 0.3) is 0 Å². The third-order valence-corrected chi connectivity index (χ3v) is 18.7. The largest absolute Gasteiger partial charge is 0.432 e. The lowest BCUT2D eigenvalue weighted by Crippen LogP contribution is -2.38. The highest BCUT2D eigenvalue weighted by molar-refractivity contribution is 8.45. The number of ether oxygens (including phenoxy) is 4. The Morgan fingerprint density at radius 3 is 1.11 bits per heavy atom. The molecule has 0 aliphatic heterocycles. The second-order valence-electron chi connectivity index (χ2n) is 23.0. The van der Waals surface area contributed by atoms with Gasteiger partial charge in [-0.25, -0.2) is 22.0 Å². The van der Waals surface area contributed by atoms with Gasteiger partial charge in [0.2, 0.25) is 0 Å². The maximum Gasteiger partial charge on any atom is 0.400 e. The van der Waals surface area contributed by atoms with Crippen LogP contribution >= 0.6 is 10.2 Å². The molecule has 2 aromatic carbocycles. The van der Waals surface area contributed by atoms with Crippen LogP contribution in [0, 0.1) is 82.3 Å². The summed E-state index contributed by atoms with van der Waals surface area (Å²) in [5.74, 6) is -11.4. The maximum atomic E-state index is 15.0. The standard InChI is InChI=1S/C57H82F14O4S/c1-2-39(13-9-5-3-7-11-31-72-37-40-15-19-42(20-16-40)44-23-27-46(28-24-44)56(63,64)74-48-33-50(58)54(62)51(59)34-48)14-10-6-4-8-12-32-73-38-41-17-21-43(22-18-41)45-25-29-47(30-26-45)57(65,66)75-49-35-52(60)55(53(61)36-49)76(67,68,69,70)71/h33-36,39-47H,2-32,37-38H2,1H3. The molecule has 0 N–H and O–H groups in total.